The third-order valence-corrected chi connectivity index (χ3v) is 3.88. The smallest absolute Gasteiger partial charge is 0.303 e. The van der Waals surface area contributed by atoms with Gasteiger partial charge in [-0.25, -0.2) is 0 Å². The maximum Gasteiger partial charge on any atom is 0.303 e. The summed E-state index contributed by atoms with van der Waals surface area (Å²) in [6.07, 6.45) is 2.66. The minimum atomic E-state index is -0.737. The minimum Gasteiger partial charge on any atom is -0.481 e. The molecule has 1 aliphatic rings. The van der Waals surface area contributed by atoms with Crippen LogP contribution in [0.3, 0.4) is 0 Å². The van der Waals surface area contributed by atoms with Crippen LogP contribution in [0.4, 0.5) is 0 Å². The molecule has 5 heteroatoms. The number of likely N-dealkylation sites (tertiary alicyclic amines) is 1. The number of ketones is 1. The van der Waals surface area contributed by atoms with Gasteiger partial charge in [-0.3, -0.25) is 9.59 Å². The molecule has 0 amide bonds. The number of halogens is 1. The summed E-state index contributed by atoms with van der Waals surface area (Å²) in [6.45, 7) is 2.60. The number of carbonyl (C=O) groups is 2. The zero-order valence-corrected chi connectivity index (χ0v) is 12.8. The molecule has 1 aromatic rings. The molecular weight excluding hydrogens is 290 g/mol. The van der Waals surface area contributed by atoms with Gasteiger partial charge in [-0.1, -0.05) is 30.3 Å². The number of carboxylic acid groups (broad SMARTS) is 1. The molecule has 1 fully saturated rings. The van der Waals surface area contributed by atoms with E-state index in [1.54, 1.807) is 0 Å². The number of benzene rings is 1. The first-order valence-corrected chi connectivity index (χ1v) is 7.20. The van der Waals surface area contributed by atoms with Crippen molar-refractivity contribution in [3.05, 3.63) is 35.9 Å². The highest BCUT2D eigenvalue weighted by Crippen LogP contribution is 2.21. The van der Waals surface area contributed by atoms with Crippen molar-refractivity contribution in [1.82, 2.24) is 4.90 Å². The Hall–Kier alpha value is -1.39. The zero-order valence-electron chi connectivity index (χ0n) is 12.0. The quantitative estimate of drug-likeness (QED) is 0.821. The molecule has 21 heavy (non-hydrogen) atoms. The number of rotatable bonds is 6. The molecule has 0 aliphatic carbocycles. The van der Waals surface area contributed by atoms with E-state index >= 15 is 0 Å². The highest BCUT2D eigenvalue weighted by atomic mass is 35.5. The lowest BCUT2D eigenvalue weighted by Gasteiger charge is -2.31. The molecule has 2 rings (SSSR count). The molecule has 4 nitrogen and oxygen atoms in total. The van der Waals surface area contributed by atoms with Gasteiger partial charge >= 0.3 is 5.97 Å². The fourth-order valence-corrected chi connectivity index (χ4v) is 2.71. The molecule has 116 valence electrons. The van der Waals surface area contributed by atoms with Crippen molar-refractivity contribution < 1.29 is 14.7 Å². The second kappa shape index (κ2) is 8.80. The van der Waals surface area contributed by atoms with E-state index < -0.39 is 5.97 Å². The number of carbonyl (C=O) groups excluding carboxylic acids is 1. The van der Waals surface area contributed by atoms with Crippen molar-refractivity contribution in [2.75, 3.05) is 19.6 Å². The van der Waals surface area contributed by atoms with E-state index in [1.807, 2.05) is 30.3 Å². The normalized spacial score (nSPS) is 16.2. The lowest BCUT2D eigenvalue weighted by molar-refractivity contribution is -0.137. The van der Waals surface area contributed by atoms with Crippen LogP contribution >= 0.6 is 12.4 Å². The summed E-state index contributed by atoms with van der Waals surface area (Å²) in [7, 11) is 0. The molecule has 0 bridgehead atoms. The fraction of sp³-hybridized carbons (Fsp3) is 0.500. The summed E-state index contributed by atoms with van der Waals surface area (Å²) in [6, 6.07) is 9.47. The van der Waals surface area contributed by atoms with Gasteiger partial charge < -0.3 is 10.0 Å². The Balaban J connectivity index is 0.00000220. The largest absolute Gasteiger partial charge is 0.481 e. The number of piperidine rings is 1. The van der Waals surface area contributed by atoms with Crippen LogP contribution < -0.4 is 0 Å². The Morgan fingerprint density at radius 3 is 2.33 bits per heavy atom. The van der Waals surface area contributed by atoms with Gasteiger partial charge in [-0.2, -0.15) is 0 Å². The highest BCUT2D eigenvalue weighted by Gasteiger charge is 2.25. The van der Waals surface area contributed by atoms with E-state index in [0.29, 0.717) is 6.42 Å². The van der Waals surface area contributed by atoms with Gasteiger partial charge in [-0.05, 0) is 38.9 Å². The fourth-order valence-electron chi connectivity index (χ4n) is 2.71. The SMILES string of the molecule is Cl.O=C(O)CCCN1CCC(C(=O)c2ccccc2)CC1. The van der Waals surface area contributed by atoms with Gasteiger partial charge in [0.15, 0.2) is 5.78 Å². The number of Topliss-reactive ketones (excluding diaryl/α,β-unsaturated/α-hetero) is 1. The second-order valence-electron chi connectivity index (χ2n) is 5.34. The number of hydrogen-bond acceptors (Lipinski definition) is 3. The average Bonchev–Trinajstić information content (AvgIpc) is 2.48. The van der Waals surface area contributed by atoms with Crippen LogP contribution in [0, 0.1) is 5.92 Å². The van der Waals surface area contributed by atoms with Crippen LogP contribution in [0.15, 0.2) is 30.3 Å². The van der Waals surface area contributed by atoms with Crippen molar-refractivity contribution in [2.24, 2.45) is 5.92 Å². The van der Waals surface area contributed by atoms with Crippen LogP contribution in [0.2, 0.25) is 0 Å². The maximum absolute atomic E-state index is 12.3. The topological polar surface area (TPSA) is 57.6 Å². The predicted octanol–water partition coefficient (Wildman–Crippen LogP) is 2.87. The van der Waals surface area contributed by atoms with E-state index in [2.05, 4.69) is 4.90 Å². The molecule has 1 saturated heterocycles. The first kappa shape index (κ1) is 17.7. The van der Waals surface area contributed by atoms with E-state index in [-0.39, 0.29) is 30.5 Å². The number of aliphatic carboxylic acids is 1. The minimum absolute atomic E-state index is 0. The molecule has 0 unspecified atom stereocenters. The van der Waals surface area contributed by atoms with Crippen molar-refractivity contribution in [2.45, 2.75) is 25.7 Å². The highest BCUT2D eigenvalue weighted by molar-refractivity contribution is 5.97. The Morgan fingerprint density at radius 2 is 1.76 bits per heavy atom. The lowest BCUT2D eigenvalue weighted by Crippen LogP contribution is -2.37. The standard InChI is InChI=1S/C16H21NO3.ClH/c18-15(19)7-4-10-17-11-8-14(9-12-17)16(20)13-5-2-1-3-6-13;/h1-3,5-6,14H,4,7-12H2,(H,18,19);1H. The van der Waals surface area contributed by atoms with Gasteiger partial charge in [0.1, 0.15) is 0 Å². The molecule has 0 radical (unpaired) electrons. The Kier molecular flexibility index (Phi) is 7.40. The van der Waals surface area contributed by atoms with E-state index in [9.17, 15) is 9.59 Å². The summed E-state index contributed by atoms with van der Waals surface area (Å²) in [4.78, 5) is 25.1. The summed E-state index contributed by atoms with van der Waals surface area (Å²) in [5, 5.41) is 8.62. The van der Waals surface area contributed by atoms with E-state index in [4.69, 9.17) is 5.11 Å². The van der Waals surface area contributed by atoms with Crippen molar-refractivity contribution >= 4 is 24.2 Å². The summed E-state index contributed by atoms with van der Waals surface area (Å²) >= 11 is 0. The molecule has 0 atom stereocenters. The molecule has 0 aromatic heterocycles. The monoisotopic (exact) mass is 311 g/mol. The number of hydrogen-bond donors (Lipinski definition) is 1. The summed E-state index contributed by atoms with van der Waals surface area (Å²) < 4.78 is 0. The Bertz CT molecular complexity index is 456. The summed E-state index contributed by atoms with van der Waals surface area (Å²) in [5.74, 6) is -0.372. The van der Waals surface area contributed by atoms with Crippen LogP contribution in [0.25, 0.3) is 0 Å². The molecule has 1 aliphatic heterocycles. The average molecular weight is 312 g/mol. The van der Waals surface area contributed by atoms with E-state index in [1.165, 1.54) is 0 Å². The molecule has 0 spiro atoms. The molecule has 0 saturated carbocycles. The van der Waals surface area contributed by atoms with Crippen molar-refractivity contribution in [1.29, 1.82) is 0 Å². The summed E-state index contributed by atoms with van der Waals surface area (Å²) in [5.41, 5.74) is 0.803. The first-order valence-electron chi connectivity index (χ1n) is 7.20. The van der Waals surface area contributed by atoms with Gasteiger partial charge in [0.2, 0.25) is 0 Å². The maximum atomic E-state index is 12.3. The van der Waals surface area contributed by atoms with Gasteiger partial charge in [0.05, 0.1) is 0 Å². The van der Waals surface area contributed by atoms with Gasteiger partial charge in [0.25, 0.3) is 0 Å². The zero-order chi connectivity index (χ0) is 14.4. The Morgan fingerprint density at radius 1 is 1.14 bits per heavy atom. The van der Waals surface area contributed by atoms with Gasteiger partial charge in [-0.15, -0.1) is 12.4 Å². The molecule has 1 aromatic carbocycles. The predicted molar refractivity (Wildman–Crippen MR) is 84.1 cm³/mol. The van der Waals surface area contributed by atoms with Crippen LogP contribution in [-0.2, 0) is 4.79 Å². The molecule has 1 N–H and O–H groups in total. The van der Waals surface area contributed by atoms with Crippen LogP contribution in [0.1, 0.15) is 36.0 Å². The van der Waals surface area contributed by atoms with Gasteiger partial charge in [0, 0.05) is 17.9 Å². The second-order valence-corrected chi connectivity index (χ2v) is 5.34. The lowest BCUT2D eigenvalue weighted by atomic mass is 9.89. The van der Waals surface area contributed by atoms with Crippen molar-refractivity contribution in [3.63, 3.8) is 0 Å². The third-order valence-electron chi connectivity index (χ3n) is 3.88. The van der Waals surface area contributed by atoms with E-state index in [0.717, 1.165) is 38.0 Å². The van der Waals surface area contributed by atoms with Crippen LogP contribution in [-0.4, -0.2) is 41.4 Å². The Labute approximate surface area is 131 Å². The van der Waals surface area contributed by atoms with Crippen LogP contribution in [0.5, 0.6) is 0 Å². The number of nitrogens with zero attached hydrogens (tertiary/aromatic N) is 1. The molecular formula is C16H22ClNO3. The number of carboxylic acids is 1. The molecule has 1 heterocycles. The van der Waals surface area contributed by atoms with Crippen molar-refractivity contribution in [3.8, 4) is 0 Å². The third kappa shape index (κ3) is 5.48. The first-order chi connectivity index (χ1) is 9.66.